The first kappa shape index (κ1) is 9.71. The Kier molecular flexibility index (Phi) is 2.41. The largest absolute Gasteiger partial charge is 0.326 e. The van der Waals surface area contributed by atoms with Crippen LogP contribution in [0.25, 0.3) is 0 Å². The number of likely N-dealkylation sites (N-methyl/N-ethyl adjacent to an activating group) is 1. The Morgan fingerprint density at radius 1 is 1.20 bits per heavy atom. The van der Waals surface area contributed by atoms with E-state index in [2.05, 4.69) is 0 Å². The summed E-state index contributed by atoms with van der Waals surface area (Å²) in [5.74, 6) is 0. The minimum absolute atomic E-state index is 0.00820. The summed E-state index contributed by atoms with van der Waals surface area (Å²) in [6.07, 6.45) is 0.793. The van der Waals surface area contributed by atoms with Gasteiger partial charge in [0.1, 0.15) is 6.29 Å². The summed E-state index contributed by atoms with van der Waals surface area (Å²) in [5, 5.41) is 0. The fourth-order valence-electron chi connectivity index (χ4n) is 1.62. The highest BCUT2D eigenvalue weighted by Gasteiger charge is 2.26. The van der Waals surface area contributed by atoms with Crippen LogP contribution >= 0.6 is 0 Å². The Balaban J connectivity index is 2.23. The molecule has 0 aromatic heterocycles. The van der Waals surface area contributed by atoms with E-state index >= 15 is 0 Å². The van der Waals surface area contributed by atoms with Crippen molar-refractivity contribution in [2.75, 3.05) is 25.0 Å². The second-order valence-electron chi connectivity index (χ2n) is 3.57. The summed E-state index contributed by atoms with van der Waals surface area (Å²) in [5.41, 5.74) is 1.47. The molecule has 0 aliphatic carbocycles. The fourth-order valence-corrected chi connectivity index (χ4v) is 1.62. The highest BCUT2D eigenvalue weighted by atomic mass is 16.2. The zero-order valence-electron chi connectivity index (χ0n) is 8.51. The lowest BCUT2D eigenvalue weighted by atomic mass is 10.2. The predicted octanol–water partition coefficient (Wildman–Crippen LogP) is 1.37. The number of amides is 2. The number of carbonyl (C=O) groups excluding carboxylic acids is 2. The van der Waals surface area contributed by atoms with E-state index in [4.69, 9.17) is 0 Å². The van der Waals surface area contributed by atoms with E-state index in [1.54, 1.807) is 41.1 Å². The van der Waals surface area contributed by atoms with E-state index in [0.717, 1.165) is 18.5 Å². The summed E-state index contributed by atoms with van der Waals surface area (Å²) in [6.45, 7) is 1.45. The second-order valence-corrected chi connectivity index (χ2v) is 3.57. The molecule has 1 aromatic rings. The molecule has 0 spiro atoms. The second kappa shape index (κ2) is 3.73. The molecule has 15 heavy (non-hydrogen) atoms. The molecule has 1 aromatic carbocycles. The number of urea groups is 1. The van der Waals surface area contributed by atoms with Gasteiger partial charge < -0.3 is 4.90 Å². The Morgan fingerprint density at radius 2 is 1.87 bits per heavy atom. The number of hydrogen-bond donors (Lipinski definition) is 0. The number of hydrogen-bond acceptors (Lipinski definition) is 2. The van der Waals surface area contributed by atoms with Gasteiger partial charge in [0, 0.05) is 31.4 Å². The van der Waals surface area contributed by atoms with Crippen molar-refractivity contribution in [1.82, 2.24) is 4.90 Å². The summed E-state index contributed by atoms with van der Waals surface area (Å²) < 4.78 is 0. The van der Waals surface area contributed by atoms with Gasteiger partial charge in [-0.05, 0) is 24.3 Å². The van der Waals surface area contributed by atoms with Crippen LogP contribution in [0.5, 0.6) is 0 Å². The van der Waals surface area contributed by atoms with Gasteiger partial charge in [0.25, 0.3) is 0 Å². The van der Waals surface area contributed by atoms with E-state index in [-0.39, 0.29) is 6.03 Å². The standard InChI is InChI=1S/C11H12N2O2/c1-12-6-7-13(11(12)15)10-4-2-9(8-14)3-5-10/h2-5,8H,6-7H2,1H3. The van der Waals surface area contributed by atoms with E-state index in [0.29, 0.717) is 12.1 Å². The Morgan fingerprint density at radius 3 is 2.33 bits per heavy atom. The number of nitrogens with zero attached hydrogens (tertiary/aromatic N) is 2. The Labute approximate surface area is 88.1 Å². The third-order valence-corrected chi connectivity index (χ3v) is 2.56. The molecule has 4 heteroatoms. The molecule has 1 fully saturated rings. The molecular weight excluding hydrogens is 192 g/mol. The lowest BCUT2D eigenvalue weighted by Gasteiger charge is -2.15. The lowest BCUT2D eigenvalue weighted by molar-refractivity contribution is 0.112. The van der Waals surface area contributed by atoms with Gasteiger partial charge in [-0.3, -0.25) is 9.69 Å². The number of aldehydes is 1. The zero-order valence-corrected chi connectivity index (χ0v) is 8.51. The molecule has 0 atom stereocenters. The first-order valence-electron chi connectivity index (χ1n) is 4.80. The summed E-state index contributed by atoms with van der Waals surface area (Å²) in [6, 6.07) is 7.03. The van der Waals surface area contributed by atoms with Gasteiger partial charge in [-0.25, -0.2) is 4.79 Å². The van der Waals surface area contributed by atoms with Crippen molar-refractivity contribution in [3.8, 4) is 0 Å². The Hall–Kier alpha value is -1.84. The van der Waals surface area contributed by atoms with Crippen molar-refractivity contribution >= 4 is 18.0 Å². The zero-order chi connectivity index (χ0) is 10.8. The molecule has 1 aliphatic heterocycles. The van der Waals surface area contributed by atoms with Crippen LogP contribution in [0.3, 0.4) is 0 Å². The van der Waals surface area contributed by atoms with E-state index in [1.807, 2.05) is 0 Å². The van der Waals surface area contributed by atoms with Crippen LogP contribution in [-0.4, -0.2) is 37.4 Å². The third-order valence-electron chi connectivity index (χ3n) is 2.56. The average Bonchev–Trinajstić information content (AvgIpc) is 2.60. The van der Waals surface area contributed by atoms with Crippen molar-refractivity contribution in [3.05, 3.63) is 29.8 Å². The van der Waals surface area contributed by atoms with Crippen molar-refractivity contribution < 1.29 is 9.59 Å². The van der Waals surface area contributed by atoms with Gasteiger partial charge in [-0.1, -0.05) is 0 Å². The molecule has 78 valence electrons. The normalized spacial score (nSPS) is 15.9. The SMILES string of the molecule is CN1CCN(c2ccc(C=O)cc2)C1=O. The van der Waals surface area contributed by atoms with Gasteiger partial charge >= 0.3 is 6.03 Å². The highest BCUT2D eigenvalue weighted by Crippen LogP contribution is 2.19. The molecule has 4 nitrogen and oxygen atoms in total. The molecule has 2 rings (SSSR count). The Bertz CT molecular complexity index is 386. The number of benzene rings is 1. The first-order chi connectivity index (χ1) is 7.22. The number of anilines is 1. The van der Waals surface area contributed by atoms with Crippen molar-refractivity contribution in [1.29, 1.82) is 0 Å². The first-order valence-corrected chi connectivity index (χ1v) is 4.80. The maximum Gasteiger partial charge on any atom is 0.324 e. The van der Waals surface area contributed by atoms with Gasteiger partial charge in [0.2, 0.25) is 0 Å². The summed E-state index contributed by atoms with van der Waals surface area (Å²) in [4.78, 5) is 25.5. The van der Waals surface area contributed by atoms with Crippen LogP contribution in [0.1, 0.15) is 10.4 Å². The quantitative estimate of drug-likeness (QED) is 0.683. The molecule has 1 aliphatic rings. The van der Waals surface area contributed by atoms with E-state index < -0.39 is 0 Å². The summed E-state index contributed by atoms with van der Waals surface area (Å²) in [7, 11) is 1.78. The van der Waals surface area contributed by atoms with Crippen molar-refractivity contribution in [3.63, 3.8) is 0 Å². The minimum Gasteiger partial charge on any atom is -0.326 e. The molecule has 0 N–H and O–H groups in total. The molecule has 1 saturated heterocycles. The topological polar surface area (TPSA) is 40.6 Å². The molecule has 1 heterocycles. The highest BCUT2D eigenvalue weighted by molar-refractivity contribution is 5.94. The van der Waals surface area contributed by atoms with E-state index in [1.165, 1.54) is 0 Å². The number of rotatable bonds is 2. The monoisotopic (exact) mass is 204 g/mol. The molecule has 0 unspecified atom stereocenters. The van der Waals surface area contributed by atoms with Crippen LogP contribution < -0.4 is 4.90 Å². The van der Waals surface area contributed by atoms with Crippen LogP contribution in [0, 0.1) is 0 Å². The molecule has 0 bridgehead atoms. The van der Waals surface area contributed by atoms with Gasteiger partial charge in [-0.2, -0.15) is 0 Å². The summed E-state index contributed by atoms with van der Waals surface area (Å²) >= 11 is 0. The fraction of sp³-hybridized carbons (Fsp3) is 0.273. The van der Waals surface area contributed by atoms with Crippen molar-refractivity contribution in [2.45, 2.75) is 0 Å². The third kappa shape index (κ3) is 1.70. The maximum atomic E-state index is 11.6. The van der Waals surface area contributed by atoms with E-state index in [9.17, 15) is 9.59 Å². The van der Waals surface area contributed by atoms with Gasteiger partial charge in [0.05, 0.1) is 0 Å². The molecular formula is C11H12N2O2. The lowest BCUT2D eigenvalue weighted by Crippen LogP contribution is -2.29. The van der Waals surface area contributed by atoms with Crippen LogP contribution in [0.4, 0.5) is 10.5 Å². The molecule has 0 radical (unpaired) electrons. The number of carbonyl (C=O) groups is 2. The smallest absolute Gasteiger partial charge is 0.324 e. The van der Waals surface area contributed by atoms with Crippen LogP contribution in [-0.2, 0) is 0 Å². The maximum absolute atomic E-state index is 11.6. The van der Waals surface area contributed by atoms with Crippen molar-refractivity contribution in [2.24, 2.45) is 0 Å². The average molecular weight is 204 g/mol. The van der Waals surface area contributed by atoms with Gasteiger partial charge in [0.15, 0.2) is 0 Å². The predicted molar refractivity (Wildman–Crippen MR) is 57.2 cm³/mol. The molecule has 2 amide bonds. The van der Waals surface area contributed by atoms with Crippen LogP contribution in [0.2, 0.25) is 0 Å². The van der Waals surface area contributed by atoms with Gasteiger partial charge in [-0.15, -0.1) is 0 Å². The molecule has 0 saturated carbocycles. The van der Waals surface area contributed by atoms with Crippen LogP contribution in [0.15, 0.2) is 24.3 Å². The minimum atomic E-state index is 0.00820.